The Bertz CT molecular complexity index is 1130. The number of rotatable bonds is 4. The number of hydrogen-bond donors (Lipinski definition) is 0. The molecule has 3 aliphatic heterocycles. The molecule has 0 saturated carbocycles. The number of methoxy groups -OCH3 is 2. The van der Waals surface area contributed by atoms with Crippen molar-refractivity contribution in [2.45, 2.75) is 25.3 Å². The summed E-state index contributed by atoms with van der Waals surface area (Å²) in [4.78, 5) is 42.0. The van der Waals surface area contributed by atoms with Crippen LogP contribution in [0.3, 0.4) is 0 Å². The van der Waals surface area contributed by atoms with Gasteiger partial charge in [0.25, 0.3) is 5.56 Å². The molecule has 0 unspecified atom stereocenters. The second-order valence-electron chi connectivity index (χ2n) is 8.88. The molecule has 4 heterocycles. The minimum absolute atomic E-state index is 0.0229. The number of pyridine rings is 1. The van der Waals surface area contributed by atoms with Crippen molar-refractivity contribution < 1.29 is 19.1 Å². The van der Waals surface area contributed by atoms with E-state index in [4.69, 9.17) is 9.47 Å². The first-order chi connectivity index (χ1) is 15.5. The van der Waals surface area contributed by atoms with Gasteiger partial charge in [0, 0.05) is 56.3 Å². The zero-order chi connectivity index (χ0) is 22.4. The van der Waals surface area contributed by atoms with Crippen molar-refractivity contribution in [3.8, 4) is 11.5 Å². The number of carbonyl (C=O) groups excluding carboxylic acids is 2. The van der Waals surface area contributed by atoms with E-state index in [-0.39, 0.29) is 41.5 Å². The van der Waals surface area contributed by atoms with Gasteiger partial charge in [-0.15, -0.1) is 0 Å². The Balaban J connectivity index is 1.33. The van der Waals surface area contributed by atoms with Gasteiger partial charge in [-0.2, -0.15) is 0 Å². The number of amides is 2. The fraction of sp³-hybridized carbons (Fsp3) is 0.458. The predicted molar refractivity (Wildman–Crippen MR) is 118 cm³/mol. The molecular formula is C24H27N3O5. The number of nitrogens with zero attached hydrogens (tertiary/aromatic N) is 3. The Labute approximate surface area is 186 Å². The van der Waals surface area contributed by atoms with Gasteiger partial charge >= 0.3 is 0 Å². The average molecular weight is 437 g/mol. The molecule has 3 aliphatic rings. The second kappa shape index (κ2) is 8.00. The maximum Gasteiger partial charge on any atom is 0.250 e. The lowest BCUT2D eigenvalue weighted by atomic mass is 9.82. The van der Waals surface area contributed by atoms with Crippen LogP contribution in [0, 0.1) is 11.8 Å². The molecule has 8 nitrogen and oxygen atoms in total. The van der Waals surface area contributed by atoms with Crippen LogP contribution in [0.4, 0.5) is 5.69 Å². The molecule has 5 rings (SSSR count). The maximum atomic E-state index is 13.4. The first kappa shape index (κ1) is 20.6. The summed E-state index contributed by atoms with van der Waals surface area (Å²) < 4.78 is 12.6. The van der Waals surface area contributed by atoms with Gasteiger partial charge < -0.3 is 23.8 Å². The minimum Gasteiger partial charge on any atom is -0.497 e. The van der Waals surface area contributed by atoms with E-state index in [2.05, 4.69) is 0 Å². The van der Waals surface area contributed by atoms with Gasteiger partial charge in [0.2, 0.25) is 11.8 Å². The maximum absolute atomic E-state index is 13.4. The van der Waals surface area contributed by atoms with Crippen LogP contribution in [0.5, 0.6) is 11.5 Å². The molecule has 168 valence electrons. The number of aromatic nitrogens is 1. The molecule has 32 heavy (non-hydrogen) atoms. The van der Waals surface area contributed by atoms with Crippen LogP contribution >= 0.6 is 0 Å². The van der Waals surface area contributed by atoms with Crippen LogP contribution in [-0.4, -0.2) is 55.1 Å². The lowest BCUT2D eigenvalue weighted by Gasteiger charge is -2.43. The first-order valence-electron chi connectivity index (χ1n) is 11.0. The average Bonchev–Trinajstić information content (AvgIpc) is 3.20. The summed E-state index contributed by atoms with van der Waals surface area (Å²) in [5.41, 5.74) is 1.69. The Hall–Kier alpha value is -3.29. The van der Waals surface area contributed by atoms with Gasteiger partial charge in [-0.05, 0) is 30.5 Å². The van der Waals surface area contributed by atoms with Gasteiger partial charge in [0.05, 0.1) is 25.8 Å². The van der Waals surface area contributed by atoms with Crippen molar-refractivity contribution >= 4 is 17.5 Å². The lowest BCUT2D eigenvalue weighted by molar-refractivity contribution is -0.138. The summed E-state index contributed by atoms with van der Waals surface area (Å²) in [6, 6.07) is 10.7. The summed E-state index contributed by atoms with van der Waals surface area (Å²) in [6.07, 6.45) is 1.18. The predicted octanol–water partition coefficient (Wildman–Crippen LogP) is 1.86. The van der Waals surface area contributed by atoms with Crippen LogP contribution in [0.2, 0.25) is 0 Å². The molecule has 2 fully saturated rings. The second-order valence-corrected chi connectivity index (χ2v) is 8.88. The zero-order valence-electron chi connectivity index (χ0n) is 18.3. The highest BCUT2D eigenvalue weighted by Crippen LogP contribution is 2.38. The summed E-state index contributed by atoms with van der Waals surface area (Å²) in [5, 5.41) is 0. The van der Waals surface area contributed by atoms with Gasteiger partial charge in [0.1, 0.15) is 11.5 Å². The number of carbonyl (C=O) groups is 2. The molecule has 3 atom stereocenters. The standard InChI is InChI=1S/C24H27N3O5/c1-31-18-6-7-20(21(10-18)32-2)27-14-17(9-23(27)29)24(30)25-11-15-8-16(13-25)19-4-3-5-22(28)26(19)12-15/h3-7,10,15-17H,8-9,11-14H2,1-2H3/t15-,16+,17+/m1/s1. The molecule has 2 aromatic rings. The topological polar surface area (TPSA) is 81.1 Å². The van der Waals surface area contributed by atoms with Crippen molar-refractivity contribution in [3.63, 3.8) is 0 Å². The molecule has 0 N–H and O–H groups in total. The van der Waals surface area contributed by atoms with E-state index in [9.17, 15) is 14.4 Å². The Kier molecular flexibility index (Phi) is 5.15. The number of hydrogen-bond acceptors (Lipinski definition) is 5. The quantitative estimate of drug-likeness (QED) is 0.730. The zero-order valence-corrected chi connectivity index (χ0v) is 18.3. The molecule has 0 aliphatic carbocycles. The first-order valence-corrected chi connectivity index (χ1v) is 11.0. The Morgan fingerprint density at radius 3 is 2.62 bits per heavy atom. The fourth-order valence-corrected chi connectivity index (χ4v) is 5.45. The largest absolute Gasteiger partial charge is 0.497 e. The van der Waals surface area contributed by atoms with Crippen molar-refractivity contribution in [1.82, 2.24) is 9.47 Å². The number of anilines is 1. The highest BCUT2D eigenvalue weighted by Gasteiger charge is 2.42. The van der Waals surface area contributed by atoms with E-state index in [1.807, 2.05) is 15.5 Å². The molecule has 0 radical (unpaired) electrons. The molecule has 8 heteroatoms. The number of benzene rings is 1. The number of ether oxygens (including phenoxy) is 2. The van der Waals surface area contributed by atoms with Crippen LogP contribution in [-0.2, 0) is 16.1 Å². The van der Waals surface area contributed by atoms with E-state index < -0.39 is 0 Å². The van der Waals surface area contributed by atoms with Crippen LogP contribution in [0.15, 0.2) is 41.2 Å². The molecule has 2 amide bonds. The van der Waals surface area contributed by atoms with E-state index >= 15 is 0 Å². The van der Waals surface area contributed by atoms with Gasteiger partial charge in [-0.25, -0.2) is 0 Å². The molecule has 2 bridgehead atoms. The van der Waals surface area contributed by atoms with E-state index in [1.54, 1.807) is 49.5 Å². The van der Waals surface area contributed by atoms with E-state index in [0.717, 1.165) is 12.1 Å². The highest BCUT2D eigenvalue weighted by atomic mass is 16.5. The van der Waals surface area contributed by atoms with Crippen LogP contribution in [0.25, 0.3) is 0 Å². The third-order valence-corrected chi connectivity index (χ3v) is 6.94. The number of likely N-dealkylation sites (tertiary alicyclic amines) is 1. The third kappa shape index (κ3) is 3.43. The molecular weight excluding hydrogens is 410 g/mol. The van der Waals surface area contributed by atoms with Crippen molar-refractivity contribution in [1.29, 1.82) is 0 Å². The normalized spacial score (nSPS) is 24.3. The molecule has 1 aromatic carbocycles. The van der Waals surface area contributed by atoms with E-state index in [0.29, 0.717) is 43.4 Å². The van der Waals surface area contributed by atoms with Crippen molar-refractivity contribution in [2.24, 2.45) is 11.8 Å². The third-order valence-electron chi connectivity index (χ3n) is 6.94. The summed E-state index contributed by atoms with van der Waals surface area (Å²) in [7, 11) is 3.13. The molecule has 1 aromatic heterocycles. The lowest BCUT2D eigenvalue weighted by Crippen LogP contribution is -2.50. The van der Waals surface area contributed by atoms with Crippen LogP contribution < -0.4 is 19.9 Å². The minimum atomic E-state index is -0.383. The smallest absolute Gasteiger partial charge is 0.250 e. The van der Waals surface area contributed by atoms with Gasteiger partial charge in [-0.1, -0.05) is 6.07 Å². The highest BCUT2D eigenvalue weighted by molar-refractivity contribution is 6.01. The number of fused-ring (bicyclic) bond motifs is 4. The number of piperidine rings is 1. The van der Waals surface area contributed by atoms with Gasteiger partial charge in [-0.3, -0.25) is 14.4 Å². The monoisotopic (exact) mass is 437 g/mol. The summed E-state index contributed by atoms with van der Waals surface area (Å²) >= 11 is 0. The van der Waals surface area contributed by atoms with Crippen molar-refractivity contribution in [2.75, 3.05) is 38.8 Å². The summed E-state index contributed by atoms with van der Waals surface area (Å²) in [6.45, 7) is 2.21. The van der Waals surface area contributed by atoms with E-state index in [1.165, 1.54) is 0 Å². The Morgan fingerprint density at radius 1 is 1.00 bits per heavy atom. The molecule has 2 saturated heterocycles. The summed E-state index contributed by atoms with van der Waals surface area (Å²) in [5.74, 6) is 1.17. The van der Waals surface area contributed by atoms with Gasteiger partial charge in [0.15, 0.2) is 0 Å². The molecule has 0 spiro atoms. The van der Waals surface area contributed by atoms with Crippen molar-refractivity contribution in [3.05, 3.63) is 52.4 Å². The SMILES string of the molecule is COc1ccc(N2C[C@@H](C(=O)N3C[C@H]4C[C@@H](C3)c3cccc(=O)n3C4)CC2=O)c(OC)c1. The van der Waals surface area contributed by atoms with Crippen LogP contribution in [0.1, 0.15) is 24.5 Å². The fourth-order valence-electron chi connectivity index (χ4n) is 5.45. The Morgan fingerprint density at radius 2 is 1.84 bits per heavy atom.